The average Bonchev–Trinajstić information content (AvgIpc) is 3.29. The molecule has 0 saturated heterocycles. The van der Waals surface area contributed by atoms with E-state index in [-0.39, 0.29) is 25.5 Å². The molecule has 3 nitrogen and oxygen atoms in total. The fourth-order valence-electron chi connectivity index (χ4n) is 6.40. The molecule has 0 atom stereocenters. The zero-order chi connectivity index (χ0) is 33.3. The molecule has 3 heterocycles. The van der Waals surface area contributed by atoms with Crippen LogP contribution in [0.2, 0.25) is 0 Å². The Bertz CT molecular complexity index is 2040. The Morgan fingerprint density at radius 3 is 2.08 bits per heavy atom. The maximum atomic E-state index is 4.60. The maximum Gasteiger partial charge on any atom is 0.0207 e. The van der Waals surface area contributed by atoms with E-state index < -0.39 is 0 Å². The van der Waals surface area contributed by atoms with E-state index in [4.69, 9.17) is 0 Å². The number of hydrogen-bond donors (Lipinski definition) is 0. The van der Waals surface area contributed by atoms with Crippen LogP contribution in [0.25, 0.3) is 44.9 Å². The third-order valence-electron chi connectivity index (χ3n) is 9.12. The van der Waals surface area contributed by atoms with Gasteiger partial charge in [-0.1, -0.05) is 113 Å². The number of fused-ring (bicyclic) bond motifs is 3. The standard InChI is InChI=1S/C25H28N.C19H15N2.Ir/c1-17-7-10-22(24-13-18(2)19(3)16-26-24)14-23(17)21-11-8-20(9-12-21)15-25(4,5)6;1-19(2)15-8-4-3-7-13(15)14-12-21-18(11-16(14)19)17-9-5-6-10-20-17;/h7-9,11-14,16H,15H2,1-6H3;3-8,10-12H,1-2H3;/q2*-1;. The molecule has 3 aromatic heterocycles. The average molecular weight is 806 g/mol. The molecule has 48 heavy (non-hydrogen) atoms. The van der Waals surface area contributed by atoms with Crippen molar-refractivity contribution in [3.8, 4) is 44.9 Å². The summed E-state index contributed by atoms with van der Waals surface area (Å²) in [6.45, 7) is 17.7. The van der Waals surface area contributed by atoms with Gasteiger partial charge in [0.1, 0.15) is 0 Å². The van der Waals surface area contributed by atoms with Crippen LogP contribution in [-0.2, 0) is 31.9 Å². The zero-order valence-corrected chi connectivity index (χ0v) is 31.6. The first-order valence-corrected chi connectivity index (χ1v) is 16.4. The summed E-state index contributed by atoms with van der Waals surface area (Å²) in [5, 5.41) is 0. The van der Waals surface area contributed by atoms with Gasteiger partial charge >= 0.3 is 0 Å². The van der Waals surface area contributed by atoms with Gasteiger partial charge in [-0.3, -0.25) is 4.98 Å². The molecule has 1 aliphatic carbocycles. The van der Waals surface area contributed by atoms with Gasteiger partial charge in [0.15, 0.2) is 0 Å². The van der Waals surface area contributed by atoms with Gasteiger partial charge in [-0.2, -0.15) is 12.1 Å². The van der Waals surface area contributed by atoms with Crippen LogP contribution in [0.4, 0.5) is 0 Å². The molecule has 7 rings (SSSR count). The minimum Gasteiger partial charge on any atom is -0.317 e. The van der Waals surface area contributed by atoms with Crippen molar-refractivity contribution in [3.63, 3.8) is 0 Å². The summed E-state index contributed by atoms with van der Waals surface area (Å²) >= 11 is 0. The third-order valence-corrected chi connectivity index (χ3v) is 9.12. The summed E-state index contributed by atoms with van der Waals surface area (Å²) in [7, 11) is 0. The van der Waals surface area contributed by atoms with E-state index in [1.807, 2.05) is 24.5 Å². The first-order chi connectivity index (χ1) is 22.4. The number of rotatable bonds is 4. The second-order valence-corrected chi connectivity index (χ2v) is 14.4. The van der Waals surface area contributed by atoms with E-state index in [0.29, 0.717) is 5.41 Å². The SMILES string of the molecule is CC1(C)c2ccccc2-c2cnc(-c3[c-]cccn3)cc21.Cc1cnc(-c2[c-]cc(C)c(-c3ccc(CC(C)(C)C)cc3)c2)cc1C.[Ir]. The summed E-state index contributed by atoms with van der Waals surface area (Å²) in [6.07, 6.45) is 6.79. The van der Waals surface area contributed by atoms with Gasteiger partial charge in [0.25, 0.3) is 0 Å². The maximum absolute atomic E-state index is 4.60. The van der Waals surface area contributed by atoms with Crippen LogP contribution in [0.3, 0.4) is 0 Å². The molecule has 3 aromatic carbocycles. The molecule has 1 radical (unpaired) electrons. The predicted molar refractivity (Wildman–Crippen MR) is 195 cm³/mol. The molecule has 4 heteroatoms. The Labute approximate surface area is 300 Å². The molecule has 0 spiro atoms. The minimum atomic E-state index is -0.00159. The van der Waals surface area contributed by atoms with E-state index in [9.17, 15) is 0 Å². The molecule has 6 aromatic rings. The van der Waals surface area contributed by atoms with Crippen molar-refractivity contribution in [2.24, 2.45) is 5.41 Å². The van der Waals surface area contributed by atoms with E-state index in [1.54, 1.807) is 6.20 Å². The topological polar surface area (TPSA) is 38.7 Å². The fourth-order valence-corrected chi connectivity index (χ4v) is 6.40. The number of hydrogen-bond acceptors (Lipinski definition) is 3. The smallest absolute Gasteiger partial charge is 0.0207 e. The van der Waals surface area contributed by atoms with Crippen molar-refractivity contribution in [3.05, 3.63) is 149 Å². The monoisotopic (exact) mass is 806 g/mol. The number of aryl methyl sites for hydroxylation is 3. The molecule has 0 fully saturated rings. The third kappa shape index (κ3) is 7.41. The Balaban J connectivity index is 0.000000187. The molecular formula is C44H43IrN3-2. The summed E-state index contributed by atoms with van der Waals surface area (Å²) in [5.74, 6) is 0. The normalized spacial score (nSPS) is 12.7. The van der Waals surface area contributed by atoms with Crippen LogP contribution in [0, 0.1) is 38.3 Å². The summed E-state index contributed by atoms with van der Waals surface area (Å²) in [5.41, 5.74) is 16.8. The van der Waals surface area contributed by atoms with Gasteiger partial charge in [0.2, 0.25) is 0 Å². The van der Waals surface area contributed by atoms with Crippen LogP contribution in [0.1, 0.15) is 68.0 Å². The Kier molecular flexibility index (Phi) is 10.3. The van der Waals surface area contributed by atoms with Crippen molar-refractivity contribution >= 4 is 0 Å². The van der Waals surface area contributed by atoms with E-state index in [0.717, 1.165) is 29.1 Å². The quantitative estimate of drug-likeness (QED) is 0.167. The molecule has 0 amide bonds. The number of nitrogens with zero attached hydrogens (tertiary/aromatic N) is 3. The summed E-state index contributed by atoms with van der Waals surface area (Å²) in [4.78, 5) is 13.5. The number of benzene rings is 3. The molecule has 0 bridgehead atoms. The van der Waals surface area contributed by atoms with E-state index in [2.05, 4.69) is 155 Å². The van der Waals surface area contributed by atoms with E-state index in [1.165, 1.54) is 55.6 Å². The molecule has 0 saturated carbocycles. The van der Waals surface area contributed by atoms with Gasteiger partial charge in [0.05, 0.1) is 0 Å². The summed E-state index contributed by atoms with van der Waals surface area (Å²) < 4.78 is 0. The molecule has 0 aliphatic heterocycles. The van der Waals surface area contributed by atoms with Crippen molar-refractivity contribution < 1.29 is 20.1 Å². The largest absolute Gasteiger partial charge is 0.317 e. The molecule has 0 N–H and O–H groups in total. The van der Waals surface area contributed by atoms with Crippen molar-refractivity contribution in [2.75, 3.05) is 0 Å². The zero-order valence-electron chi connectivity index (χ0n) is 29.2. The fraction of sp³-hybridized carbons (Fsp3) is 0.250. The van der Waals surface area contributed by atoms with Gasteiger partial charge < -0.3 is 9.97 Å². The van der Waals surface area contributed by atoms with E-state index >= 15 is 0 Å². The molecular weight excluding hydrogens is 763 g/mol. The van der Waals surface area contributed by atoms with Gasteiger partial charge in [-0.15, -0.1) is 35.4 Å². The van der Waals surface area contributed by atoms with Crippen LogP contribution in [0.5, 0.6) is 0 Å². The minimum absolute atomic E-state index is 0. The second kappa shape index (κ2) is 14.1. The first kappa shape index (κ1) is 35.1. The van der Waals surface area contributed by atoms with Gasteiger partial charge in [-0.25, -0.2) is 0 Å². The molecule has 0 unspecified atom stereocenters. The number of aromatic nitrogens is 3. The Morgan fingerprint density at radius 1 is 0.667 bits per heavy atom. The van der Waals surface area contributed by atoms with Crippen molar-refractivity contribution in [2.45, 2.75) is 67.2 Å². The van der Waals surface area contributed by atoms with Crippen LogP contribution in [-0.4, -0.2) is 15.0 Å². The second-order valence-electron chi connectivity index (χ2n) is 14.4. The summed E-state index contributed by atoms with van der Waals surface area (Å²) in [6, 6.07) is 36.4. The number of pyridine rings is 3. The predicted octanol–water partition coefficient (Wildman–Crippen LogP) is 11.0. The van der Waals surface area contributed by atoms with Crippen molar-refractivity contribution in [1.82, 2.24) is 15.0 Å². The van der Waals surface area contributed by atoms with Crippen LogP contribution < -0.4 is 0 Å². The van der Waals surface area contributed by atoms with Gasteiger partial charge in [0, 0.05) is 43.5 Å². The van der Waals surface area contributed by atoms with Crippen LogP contribution >= 0.6 is 0 Å². The Morgan fingerprint density at radius 2 is 1.40 bits per heavy atom. The Hall–Kier alpha value is -4.24. The van der Waals surface area contributed by atoms with Crippen LogP contribution in [0.15, 0.2) is 104 Å². The molecule has 245 valence electrons. The first-order valence-electron chi connectivity index (χ1n) is 16.4. The van der Waals surface area contributed by atoms with Gasteiger partial charge in [-0.05, 0) is 82.3 Å². The molecule has 1 aliphatic rings. The van der Waals surface area contributed by atoms with Crippen molar-refractivity contribution in [1.29, 1.82) is 0 Å².